The molecule has 2 aromatic rings. The fraction of sp³-hybridized carbons (Fsp3) is 0.368. The van der Waals surface area contributed by atoms with Gasteiger partial charge in [-0.05, 0) is 59.7 Å². The van der Waals surface area contributed by atoms with E-state index in [1.165, 1.54) is 11.1 Å². The number of halogens is 2. The molecular weight excluding hydrogens is 355 g/mol. The second-order valence-electron chi connectivity index (χ2n) is 5.92. The molecule has 1 aliphatic heterocycles. The minimum atomic E-state index is -0.106. The molecule has 0 radical (unpaired) electrons. The molecule has 0 atom stereocenters. The molecule has 0 spiro atoms. The van der Waals surface area contributed by atoms with E-state index in [9.17, 15) is 4.39 Å². The molecule has 0 unspecified atom stereocenters. The van der Waals surface area contributed by atoms with Crippen molar-refractivity contribution < 1.29 is 4.39 Å². The van der Waals surface area contributed by atoms with Crippen LogP contribution in [-0.2, 0) is 19.3 Å². The maximum atomic E-state index is 14.4. The summed E-state index contributed by atoms with van der Waals surface area (Å²) in [5.41, 5.74) is 4.49. The van der Waals surface area contributed by atoms with Crippen molar-refractivity contribution in [2.75, 3.05) is 13.1 Å². The van der Waals surface area contributed by atoms with E-state index < -0.39 is 0 Å². The molecule has 1 heterocycles. The van der Waals surface area contributed by atoms with Crippen molar-refractivity contribution in [3.05, 3.63) is 68.9 Å². The third-order valence-corrected chi connectivity index (χ3v) is 4.97. The van der Waals surface area contributed by atoms with Crippen LogP contribution in [0.3, 0.4) is 0 Å². The molecule has 0 aromatic heterocycles. The van der Waals surface area contributed by atoms with Crippen LogP contribution in [0, 0.1) is 5.82 Å². The van der Waals surface area contributed by atoms with Gasteiger partial charge in [-0.1, -0.05) is 41.1 Å². The minimum Gasteiger partial charge on any atom is -0.297 e. The van der Waals surface area contributed by atoms with Crippen LogP contribution in [0.1, 0.15) is 35.3 Å². The predicted octanol–water partition coefficient (Wildman–Crippen LogP) is 4.13. The summed E-state index contributed by atoms with van der Waals surface area (Å²) in [6.45, 7) is 4.01. The highest BCUT2D eigenvalue weighted by atomic mass is 79.9. The third-order valence-electron chi connectivity index (χ3n) is 4.48. The molecule has 0 amide bonds. The molecule has 0 aliphatic carbocycles. The highest BCUT2D eigenvalue weighted by molar-refractivity contribution is 9.10. The Morgan fingerprint density at radius 2 is 1.87 bits per heavy atom. The number of hydrogen-bond acceptors (Lipinski definition) is 2. The lowest BCUT2D eigenvalue weighted by atomic mass is 9.95. The second-order valence-corrected chi connectivity index (χ2v) is 6.83. The zero-order chi connectivity index (χ0) is 16.2. The molecule has 0 bridgehead atoms. The van der Waals surface area contributed by atoms with E-state index in [4.69, 9.17) is 0 Å². The van der Waals surface area contributed by atoms with Crippen LogP contribution in [0.2, 0.25) is 0 Å². The summed E-state index contributed by atoms with van der Waals surface area (Å²) in [6, 6.07) is 11.8. The van der Waals surface area contributed by atoms with Crippen molar-refractivity contribution in [1.82, 2.24) is 10.6 Å². The van der Waals surface area contributed by atoms with E-state index in [0.29, 0.717) is 6.42 Å². The average molecular weight is 377 g/mol. The van der Waals surface area contributed by atoms with Gasteiger partial charge in [0.2, 0.25) is 0 Å². The van der Waals surface area contributed by atoms with Crippen LogP contribution < -0.4 is 10.6 Å². The summed E-state index contributed by atoms with van der Waals surface area (Å²) in [7, 11) is 0. The molecule has 2 nitrogen and oxygen atoms in total. The van der Waals surface area contributed by atoms with Crippen LogP contribution in [0.15, 0.2) is 40.9 Å². The number of nitrogens with one attached hydrogen (secondary N) is 2. The van der Waals surface area contributed by atoms with Gasteiger partial charge >= 0.3 is 0 Å². The van der Waals surface area contributed by atoms with Gasteiger partial charge in [0.15, 0.2) is 0 Å². The van der Waals surface area contributed by atoms with E-state index in [2.05, 4.69) is 51.7 Å². The van der Waals surface area contributed by atoms with Gasteiger partial charge in [-0.3, -0.25) is 10.6 Å². The Hall–Kier alpha value is -1.23. The Kier molecular flexibility index (Phi) is 5.46. The SMILES string of the molecule is CCc1ccc(Br)cc1CCc1c(F)cccc1C1NCCN1. The molecular formula is C19H22BrFN2. The first-order chi connectivity index (χ1) is 11.2. The summed E-state index contributed by atoms with van der Waals surface area (Å²) in [5.74, 6) is -0.106. The van der Waals surface area contributed by atoms with Crippen LogP contribution in [0.25, 0.3) is 0 Å². The minimum absolute atomic E-state index is 0.0638. The van der Waals surface area contributed by atoms with Gasteiger partial charge in [0.25, 0.3) is 0 Å². The normalized spacial score (nSPS) is 15.3. The molecule has 1 saturated heterocycles. The van der Waals surface area contributed by atoms with E-state index in [1.807, 2.05) is 6.07 Å². The Balaban J connectivity index is 1.84. The molecule has 122 valence electrons. The fourth-order valence-electron chi connectivity index (χ4n) is 3.27. The van der Waals surface area contributed by atoms with E-state index in [0.717, 1.165) is 41.5 Å². The summed E-state index contributed by atoms with van der Waals surface area (Å²) in [5, 5.41) is 6.77. The standard InChI is InChI=1S/C19H22BrFN2/c1-2-13-6-8-15(20)12-14(13)7-9-16-17(4-3-5-18(16)21)19-22-10-11-23-19/h3-6,8,12,19,22-23H,2,7,9-11H2,1H3. The van der Waals surface area contributed by atoms with Crippen molar-refractivity contribution in [1.29, 1.82) is 0 Å². The highest BCUT2D eigenvalue weighted by Gasteiger charge is 2.20. The van der Waals surface area contributed by atoms with Crippen molar-refractivity contribution in [3.63, 3.8) is 0 Å². The number of benzene rings is 2. The molecule has 1 aliphatic rings. The summed E-state index contributed by atoms with van der Waals surface area (Å²) < 4.78 is 15.5. The van der Waals surface area contributed by atoms with Crippen molar-refractivity contribution in [2.45, 2.75) is 32.4 Å². The van der Waals surface area contributed by atoms with E-state index in [1.54, 1.807) is 12.1 Å². The van der Waals surface area contributed by atoms with Gasteiger partial charge in [-0.15, -0.1) is 0 Å². The van der Waals surface area contributed by atoms with Crippen molar-refractivity contribution in [3.8, 4) is 0 Å². The zero-order valence-corrected chi connectivity index (χ0v) is 14.9. The van der Waals surface area contributed by atoms with E-state index in [-0.39, 0.29) is 12.0 Å². The predicted molar refractivity (Wildman–Crippen MR) is 96.1 cm³/mol. The smallest absolute Gasteiger partial charge is 0.126 e. The topological polar surface area (TPSA) is 24.1 Å². The lowest BCUT2D eigenvalue weighted by molar-refractivity contribution is 0.557. The number of hydrogen-bond donors (Lipinski definition) is 2. The van der Waals surface area contributed by atoms with Crippen LogP contribution in [0.4, 0.5) is 4.39 Å². The lowest BCUT2D eigenvalue weighted by Gasteiger charge is -2.17. The Bertz CT molecular complexity index is 681. The van der Waals surface area contributed by atoms with Gasteiger partial charge in [-0.25, -0.2) is 4.39 Å². The third kappa shape index (κ3) is 3.82. The quantitative estimate of drug-likeness (QED) is 0.819. The van der Waals surface area contributed by atoms with Gasteiger partial charge in [-0.2, -0.15) is 0 Å². The Morgan fingerprint density at radius 1 is 1.09 bits per heavy atom. The van der Waals surface area contributed by atoms with Crippen LogP contribution >= 0.6 is 15.9 Å². The van der Waals surface area contributed by atoms with Gasteiger partial charge < -0.3 is 0 Å². The summed E-state index contributed by atoms with van der Waals surface area (Å²) >= 11 is 3.54. The van der Waals surface area contributed by atoms with Crippen molar-refractivity contribution in [2.24, 2.45) is 0 Å². The fourth-order valence-corrected chi connectivity index (χ4v) is 3.67. The van der Waals surface area contributed by atoms with Crippen LogP contribution in [0.5, 0.6) is 0 Å². The maximum Gasteiger partial charge on any atom is 0.126 e. The molecule has 3 rings (SSSR count). The van der Waals surface area contributed by atoms with E-state index >= 15 is 0 Å². The Morgan fingerprint density at radius 3 is 2.61 bits per heavy atom. The molecule has 4 heteroatoms. The van der Waals surface area contributed by atoms with Crippen molar-refractivity contribution >= 4 is 15.9 Å². The summed E-state index contributed by atoms with van der Waals surface area (Å²) in [6.07, 6.45) is 2.63. The Labute approximate surface area is 145 Å². The molecule has 0 saturated carbocycles. The lowest BCUT2D eigenvalue weighted by Crippen LogP contribution is -2.23. The molecule has 23 heavy (non-hydrogen) atoms. The zero-order valence-electron chi connectivity index (χ0n) is 13.3. The second kappa shape index (κ2) is 7.56. The first-order valence-electron chi connectivity index (χ1n) is 8.20. The van der Waals surface area contributed by atoms with Gasteiger partial charge in [0.05, 0.1) is 6.17 Å². The number of rotatable bonds is 5. The first kappa shape index (κ1) is 16.6. The largest absolute Gasteiger partial charge is 0.297 e. The number of aryl methyl sites for hydroxylation is 2. The van der Waals surface area contributed by atoms with Gasteiger partial charge in [0.1, 0.15) is 5.82 Å². The highest BCUT2D eigenvalue weighted by Crippen LogP contribution is 2.24. The van der Waals surface area contributed by atoms with Gasteiger partial charge in [0, 0.05) is 17.6 Å². The van der Waals surface area contributed by atoms with Crippen LogP contribution in [-0.4, -0.2) is 13.1 Å². The molecule has 2 aromatic carbocycles. The maximum absolute atomic E-state index is 14.4. The first-order valence-corrected chi connectivity index (χ1v) is 8.99. The monoisotopic (exact) mass is 376 g/mol. The molecule has 1 fully saturated rings. The average Bonchev–Trinajstić information content (AvgIpc) is 3.08. The molecule has 2 N–H and O–H groups in total. The summed E-state index contributed by atoms with van der Waals surface area (Å²) in [4.78, 5) is 0.